The van der Waals surface area contributed by atoms with E-state index < -0.39 is 0 Å². The third kappa shape index (κ3) is 5.48. The molecule has 4 heteroatoms. The molecule has 0 spiro atoms. The van der Waals surface area contributed by atoms with Crippen molar-refractivity contribution >= 4 is 11.8 Å². The molecule has 0 heterocycles. The number of nitrogens with one attached hydrogen (secondary N) is 1. The lowest BCUT2D eigenvalue weighted by Crippen LogP contribution is -2.24. The number of aryl methyl sites for hydroxylation is 1. The summed E-state index contributed by atoms with van der Waals surface area (Å²) in [5, 5.41) is 2.85. The summed E-state index contributed by atoms with van der Waals surface area (Å²) < 4.78 is 0. The highest BCUT2D eigenvalue weighted by atomic mass is 16.1. The minimum atomic E-state index is -0.265. The van der Waals surface area contributed by atoms with Crippen LogP contribution in [-0.2, 0) is 4.79 Å². The first-order valence-corrected chi connectivity index (χ1v) is 6.23. The van der Waals surface area contributed by atoms with Gasteiger partial charge in [0.15, 0.2) is 0 Å². The lowest BCUT2D eigenvalue weighted by atomic mass is 10.1. The van der Waals surface area contributed by atoms with E-state index in [9.17, 15) is 9.59 Å². The van der Waals surface area contributed by atoms with Crippen molar-refractivity contribution in [2.24, 2.45) is 5.73 Å². The Hall–Kier alpha value is -1.84. The Labute approximate surface area is 108 Å². The second-order valence-electron chi connectivity index (χ2n) is 4.40. The van der Waals surface area contributed by atoms with Gasteiger partial charge in [0.25, 0.3) is 5.91 Å². The van der Waals surface area contributed by atoms with Gasteiger partial charge in [0, 0.05) is 18.5 Å². The fourth-order valence-corrected chi connectivity index (χ4v) is 1.61. The van der Waals surface area contributed by atoms with Crippen LogP contribution in [0.15, 0.2) is 24.3 Å². The average molecular weight is 248 g/mol. The van der Waals surface area contributed by atoms with Crippen molar-refractivity contribution in [1.82, 2.24) is 5.32 Å². The summed E-state index contributed by atoms with van der Waals surface area (Å²) in [6.45, 7) is 2.62. The molecule has 0 radical (unpaired) electrons. The van der Waals surface area contributed by atoms with Crippen molar-refractivity contribution < 1.29 is 9.59 Å². The molecule has 1 aromatic carbocycles. The van der Waals surface area contributed by atoms with Gasteiger partial charge in [-0.05, 0) is 31.9 Å². The van der Waals surface area contributed by atoms with E-state index in [1.165, 1.54) is 0 Å². The van der Waals surface area contributed by atoms with Gasteiger partial charge in [0.05, 0.1) is 0 Å². The molecule has 4 nitrogen and oxygen atoms in total. The Bertz CT molecular complexity index is 399. The van der Waals surface area contributed by atoms with Crippen LogP contribution in [0.1, 0.15) is 41.6 Å². The van der Waals surface area contributed by atoms with Crippen LogP contribution in [0, 0.1) is 6.92 Å². The molecule has 0 fully saturated rings. The summed E-state index contributed by atoms with van der Waals surface area (Å²) in [5.74, 6) is -0.316. The van der Waals surface area contributed by atoms with Crippen molar-refractivity contribution in [3.63, 3.8) is 0 Å². The number of primary amides is 1. The molecule has 0 saturated carbocycles. The van der Waals surface area contributed by atoms with E-state index in [0.717, 1.165) is 24.8 Å². The zero-order chi connectivity index (χ0) is 13.4. The molecule has 0 saturated heterocycles. The van der Waals surface area contributed by atoms with E-state index in [2.05, 4.69) is 5.32 Å². The monoisotopic (exact) mass is 248 g/mol. The number of amides is 2. The number of hydrogen-bond acceptors (Lipinski definition) is 2. The maximum absolute atomic E-state index is 11.7. The second-order valence-corrected chi connectivity index (χ2v) is 4.40. The maximum Gasteiger partial charge on any atom is 0.251 e. The van der Waals surface area contributed by atoms with Crippen LogP contribution >= 0.6 is 0 Å². The molecule has 0 aliphatic heterocycles. The average Bonchev–Trinajstić information content (AvgIpc) is 2.34. The van der Waals surface area contributed by atoms with Gasteiger partial charge in [0.2, 0.25) is 5.91 Å². The summed E-state index contributed by atoms with van der Waals surface area (Å²) in [4.78, 5) is 22.2. The number of hydrogen-bond donors (Lipinski definition) is 2. The molecule has 1 rings (SSSR count). The Balaban J connectivity index is 2.17. The van der Waals surface area contributed by atoms with Crippen LogP contribution in [-0.4, -0.2) is 18.4 Å². The normalized spacial score (nSPS) is 10.1. The van der Waals surface area contributed by atoms with Gasteiger partial charge in [-0.1, -0.05) is 24.1 Å². The largest absolute Gasteiger partial charge is 0.370 e. The Morgan fingerprint density at radius 1 is 1.11 bits per heavy atom. The minimum absolute atomic E-state index is 0.0510. The second kappa shape index (κ2) is 7.48. The first-order valence-electron chi connectivity index (χ1n) is 6.23. The third-order valence-corrected chi connectivity index (χ3v) is 2.70. The van der Waals surface area contributed by atoms with Gasteiger partial charge in [0.1, 0.15) is 0 Å². The molecule has 3 N–H and O–H groups in total. The fourth-order valence-electron chi connectivity index (χ4n) is 1.61. The van der Waals surface area contributed by atoms with Gasteiger partial charge in [-0.15, -0.1) is 0 Å². The summed E-state index contributed by atoms with van der Waals surface area (Å²) in [5.41, 5.74) is 6.85. The van der Waals surface area contributed by atoms with Gasteiger partial charge < -0.3 is 11.1 Å². The lowest BCUT2D eigenvalue weighted by molar-refractivity contribution is -0.118. The molecule has 98 valence electrons. The van der Waals surface area contributed by atoms with Crippen molar-refractivity contribution in [1.29, 1.82) is 0 Å². The zero-order valence-electron chi connectivity index (χ0n) is 10.7. The number of carbonyl (C=O) groups excluding carboxylic acids is 2. The van der Waals surface area contributed by atoms with Crippen LogP contribution in [0.4, 0.5) is 0 Å². The molecule has 0 atom stereocenters. The molecular formula is C14H20N2O2. The third-order valence-electron chi connectivity index (χ3n) is 2.70. The molecular weight excluding hydrogens is 228 g/mol. The SMILES string of the molecule is Cc1ccc(C(=O)NCCCCCC(N)=O)cc1. The van der Waals surface area contributed by atoms with Gasteiger partial charge >= 0.3 is 0 Å². The van der Waals surface area contributed by atoms with Gasteiger partial charge in [-0.2, -0.15) is 0 Å². The molecule has 0 bridgehead atoms. The maximum atomic E-state index is 11.7. The predicted octanol–water partition coefficient (Wildman–Crippen LogP) is 1.77. The number of carbonyl (C=O) groups is 2. The first-order chi connectivity index (χ1) is 8.59. The van der Waals surface area contributed by atoms with Crippen molar-refractivity contribution in [2.75, 3.05) is 6.54 Å². The van der Waals surface area contributed by atoms with E-state index >= 15 is 0 Å². The molecule has 18 heavy (non-hydrogen) atoms. The molecule has 0 aliphatic rings. The summed E-state index contributed by atoms with van der Waals surface area (Å²) in [6.07, 6.45) is 2.98. The van der Waals surface area contributed by atoms with E-state index in [-0.39, 0.29) is 11.8 Å². The number of nitrogens with two attached hydrogens (primary N) is 1. The first kappa shape index (κ1) is 14.2. The van der Waals surface area contributed by atoms with Crippen LogP contribution in [0.25, 0.3) is 0 Å². The van der Waals surface area contributed by atoms with E-state index in [0.29, 0.717) is 18.5 Å². The van der Waals surface area contributed by atoms with Crippen molar-refractivity contribution in [3.8, 4) is 0 Å². The highest BCUT2D eigenvalue weighted by molar-refractivity contribution is 5.94. The Morgan fingerprint density at radius 3 is 2.39 bits per heavy atom. The smallest absolute Gasteiger partial charge is 0.251 e. The van der Waals surface area contributed by atoms with E-state index in [1.54, 1.807) is 0 Å². The molecule has 1 aromatic rings. The summed E-state index contributed by atoms with van der Waals surface area (Å²) >= 11 is 0. The Morgan fingerprint density at radius 2 is 1.78 bits per heavy atom. The van der Waals surface area contributed by atoms with Crippen LogP contribution < -0.4 is 11.1 Å². The summed E-state index contributed by atoms with van der Waals surface area (Å²) in [7, 11) is 0. The molecule has 2 amide bonds. The van der Waals surface area contributed by atoms with Crippen LogP contribution in [0.2, 0.25) is 0 Å². The van der Waals surface area contributed by atoms with Gasteiger partial charge in [-0.25, -0.2) is 0 Å². The van der Waals surface area contributed by atoms with Gasteiger partial charge in [-0.3, -0.25) is 9.59 Å². The molecule has 0 aliphatic carbocycles. The molecule has 0 unspecified atom stereocenters. The Kier molecular flexibility index (Phi) is 5.91. The van der Waals surface area contributed by atoms with Crippen LogP contribution in [0.3, 0.4) is 0 Å². The summed E-state index contributed by atoms with van der Waals surface area (Å²) in [6, 6.07) is 7.47. The topological polar surface area (TPSA) is 72.2 Å². The van der Waals surface area contributed by atoms with E-state index in [1.807, 2.05) is 31.2 Å². The van der Waals surface area contributed by atoms with E-state index in [4.69, 9.17) is 5.73 Å². The number of unbranched alkanes of at least 4 members (excludes halogenated alkanes) is 2. The predicted molar refractivity (Wildman–Crippen MR) is 71.2 cm³/mol. The quantitative estimate of drug-likeness (QED) is 0.722. The van der Waals surface area contributed by atoms with Crippen molar-refractivity contribution in [2.45, 2.75) is 32.6 Å². The molecule has 0 aromatic heterocycles. The minimum Gasteiger partial charge on any atom is -0.370 e. The zero-order valence-corrected chi connectivity index (χ0v) is 10.7. The number of benzene rings is 1. The number of rotatable bonds is 7. The standard InChI is InChI=1S/C14H20N2O2/c1-11-6-8-12(9-7-11)14(18)16-10-4-2-3-5-13(15)17/h6-9H,2-5,10H2,1H3,(H2,15,17)(H,16,18). The van der Waals surface area contributed by atoms with Crippen molar-refractivity contribution in [3.05, 3.63) is 35.4 Å². The highest BCUT2D eigenvalue weighted by Crippen LogP contribution is 2.03. The highest BCUT2D eigenvalue weighted by Gasteiger charge is 2.03. The fraction of sp³-hybridized carbons (Fsp3) is 0.429. The lowest BCUT2D eigenvalue weighted by Gasteiger charge is -2.05. The van der Waals surface area contributed by atoms with Crippen LogP contribution in [0.5, 0.6) is 0 Å².